The number of aryl methyl sites for hydroxylation is 1. The van der Waals surface area contributed by atoms with Gasteiger partial charge in [0.2, 0.25) is 0 Å². The van der Waals surface area contributed by atoms with Gasteiger partial charge in [-0.05, 0) is 49.6 Å². The summed E-state index contributed by atoms with van der Waals surface area (Å²) < 4.78 is 15.3. The lowest BCUT2D eigenvalue weighted by atomic mass is 10.1. The van der Waals surface area contributed by atoms with Crippen LogP contribution in [0.3, 0.4) is 0 Å². The second-order valence-electron chi connectivity index (χ2n) is 7.84. The van der Waals surface area contributed by atoms with Crippen molar-refractivity contribution in [2.24, 2.45) is 0 Å². The maximum Gasteiger partial charge on any atom is 0.165 e. The highest BCUT2D eigenvalue weighted by atomic mass is 19.1. The summed E-state index contributed by atoms with van der Waals surface area (Å²) in [5.41, 5.74) is 5.64. The molecule has 6 heteroatoms. The first kappa shape index (κ1) is 18.8. The Kier molecular flexibility index (Phi) is 4.71. The van der Waals surface area contributed by atoms with Crippen molar-refractivity contribution in [2.75, 3.05) is 18.1 Å². The van der Waals surface area contributed by atoms with E-state index in [1.165, 1.54) is 17.7 Å². The third-order valence-corrected chi connectivity index (χ3v) is 5.84. The molecule has 1 aliphatic rings. The molecule has 152 valence electrons. The lowest BCUT2D eigenvalue weighted by molar-refractivity contribution is 0.266. The maximum absolute atomic E-state index is 13.5. The quantitative estimate of drug-likeness (QED) is 0.547. The topological polar surface area (TPSA) is 53.7 Å². The average molecular weight is 402 g/mol. The van der Waals surface area contributed by atoms with Crippen molar-refractivity contribution >= 4 is 11.5 Å². The van der Waals surface area contributed by atoms with Crippen LogP contribution in [0.1, 0.15) is 18.4 Å². The highest BCUT2D eigenvalue weighted by Gasteiger charge is 2.26. The van der Waals surface area contributed by atoms with Gasteiger partial charge in [-0.1, -0.05) is 29.8 Å². The molecule has 0 unspecified atom stereocenters. The number of aliphatic hydroxyl groups is 1. The normalized spacial score (nSPS) is 16.5. The monoisotopic (exact) mass is 402 g/mol. The molecular formula is C24H23FN4O. The van der Waals surface area contributed by atoms with E-state index in [4.69, 9.17) is 4.98 Å². The lowest BCUT2D eigenvalue weighted by Gasteiger charge is -2.25. The van der Waals surface area contributed by atoms with E-state index in [9.17, 15) is 9.50 Å². The third kappa shape index (κ3) is 3.23. The van der Waals surface area contributed by atoms with E-state index in [1.807, 2.05) is 16.8 Å². The predicted molar refractivity (Wildman–Crippen MR) is 116 cm³/mol. The van der Waals surface area contributed by atoms with E-state index in [2.05, 4.69) is 41.2 Å². The summed E-state index contributed by atoms with van der Waals surface area (Å²) >= 11 is 0. The minimum atomic E-state index is -0.273. The molecule has 1 N–H and O–H groups in total. The Morgan fingerprint density at radius 2 is 1.80 bits per heavy atom. The van der Waals surface area contributed by atoms with Gasteiger partial charge in [0, 0.05) is 23.7 Å². The molecule has 1 aliphatic heterocycles. The molecule has 2 aromatic heterocycles. The number of aromatic nitrogens is 3. The number of anilines is 1. The van der Waals surface area contributed by atoms with Crippen LogP contribution in [0.2, 0.25) is 0 Å². The molecule has 30 heavy (non-hydrogen) atoms. The molecule has 0 bridgehead atoms. The van der Waals surface area contributed by atoms with Gasteiger partial charge in [-0.2, -0.15) is 5.10 Å². The van der Waals surface area contributed by atoms with Crippen LogP contribution in [0, 0.1) is 12.7 Å². The lowest BCUT2D eigenvalue weighted by Crippen LogP contribution is -2.32. The number of hydrogen-bond donors (Lipinski definition) is 1. The zero-order valence-corrected chi connectivity index (χ0v) is 16.8. The highest BCUT2D eigenvalue weighted by molar-refractivity contribution is 5.81. The number of halogens is 1. The molecule has 2 aromatic carbocycles. The van der Waals surface area contributed by atoms with Crippen molar-refractivity contribution in [3.63, 3.8) is 0 Å². The van der Waals surface area contributed by atoms with E-state index < -0.39 is 0 Å². The number of nitrogens with zero attached hydrogens (tertiary/aromatic N) is 4. The first-order valence-electron chi connectivity index (χ1n) is 10.2. The predicted octanol–water partition coefficient (Wildman–Crippen LogP) is 4.47. The summed E-state index contributed by atoms with van der Waals surface area (Å²) in [5.74, 6) is 0.539. The zero-order chi connectivity index (χ0) is 20.7. The first-order valence-corrected chi connectivity index (χ1v) is 10.2. The molecule has 3 heterocycles. The second-order valence-corrected chi connectivity index (χ2v) is 7.84. The Hall–Kier alpha value is -3.25. The van der Waals surface area contributed by atoms with Crippen LogP contribution in [0.5, 0.6) is 0 Å². The van der Waals surface area contributed by atoms with E-state index in [0.717, 1.165) is 53.2 Å². The van der Waals surface area contributed by atoms with Gasteiger partial charge in [0.25, 0.3) is 0 Å². The Balaban J connectivity index is 1.73. The van der Waals surface area contributed by atoms with Gasteiger partial charge in [0.15, 0.2) is 5.65 Å². The molecule has 0 aliphatic carbocycles. The molecule has 0 spiro atoms. The van der Waals surface area contributed by atoms with Gasteiger partial charge < -0.3 is 10.0 Å². The SMILES string of the molecule is Cc1ccc(-c2cnn3c(-c4ccc(F)cc4)cc(N4CCC[C@H]4CO)nc23)cc1. The van der Waals surface area contributed by atoms with E-state index >= 15 is 0 Å². The summed E-state index contributed by atoms with van der Waals surface area (Å²) in [6, 6.07) is 16.8. The molecule has 5 nitrogen and oxygen atoms in total. The minimum absolute atomic E-state index is 0.0618. The standard InChI is InChI=1S/C24H23FN4O/c1-16-4-6-17(7-5-16)21-14-26-29-22(18-8-10-19(25)11-9-18)13-23(27-24(21)29)28-12-2-3-20(28)15-30/h4-11,13-14,20,30H,2-3,12,15H2,1H3/t20-/m0/s1. The van der Waals surface area contributed by atoms with Gasteiger partial charge in [-0.15, -0.1) is 0 Å². The van der Waals surface area contributed by atoms with Gasteiger partial charge in [0.05, 0.1) is 24.5 Å². The Bertz CT molecular complexity index is 1180. The van der Waals surface area contributed by atoms with E-state index in [0.29, 0.717) is 0 Å². The summed E-state index contributed by atoms with van der Waals surface area (Å²) in [5, 5.41) is 14.4. The molecule has 5 rings (SSSR count). The molecular weight excluding hydrogens is 379 g/mol. The number of hydrogen-bond acceptors (Lipinski definition) is 4. The van der Waals surface area contributed by atoms with Crippen molar-refractivity contribution in [3.05, 3.63) is 72.2 Å². The van der Waals surface area contributed by atoms with Crippen molar-refractivity contribution in [1.82, 2.24) is 14.6 Å². The molecule has 4 aromatic rings. The zero-order valence-electron chi connectivity index (χ0n) is 16.8. The van der Waals surface area contributed by atoms with E-state index in [1.54, 1.807) is 12.1 Å². The third-order valence-electron chi connectivity index (χ3n) is 5.84. The molecule has 1 atom stereocenters. The van der Waals surface area contributed by atoms with Crippen LogP contribution in [-0.2, 0) is 0 Å². The molecule has 1 saturated heterocycles. The molecule has 0 radical (unpaired) electrons. The van der Waals surface area contributed by atoms with Crippen molar-refractivity contribution < 1.29 is 9.50 Å². The van der Waals surface area contributed by atoms with Crippen LogP contribution in [-0.4, -0.2) is 38.9 Å². The summed E-state index contributed by atoms with van der Waals surface area (Å²) in [6.07, 6.45) is 3.80. The Morgan fingerprint density at radius 1 is 1.07 bits per heavy atom. The van der Waals surface area contributed by atoms with Gasteiger partial charge in [0.1, 0.15) is 11.6 Å². The average Bonchev–Trinajstić information content (AvgIpc) is 3.41. The fourth-order valence-electron chi connectivity index (χ4n) is 4.19. The number of rotatable bonds is 4. The molecule has 0 amide bonds. The fraction of sp³-hybridized carbons (Fsp3) is 0.250. The summed E-state index contributed by atoms with van der Waals surface area (Å²) in [6.45, 7) is 3.01. The van der Waals surface area contributed by atoms with Crippen LogP contribution in [0.25, 0.3) is 28.0 Å². The smallest absolute Gasteiger partial charge is 0.165 e. The highest BCUT2D eigenvalue weighted by Crippen LogP contribution is 2.33. The van der Waals surface area contributed by atoms with Crippen molar-refractivity contribution in [3.8, 4) is 22.4 Å². The summed E-state index contributed by atoms with van der Waals surface area (Å²) in [4.78, 5) is 7.12. The van der Waals surface area contributed by atoms with Crippen molar-refractivity contribution in [1.29, 1.82) is 0 Å². The largest absolute Gasteiger partial charge is 0.394 e. The van der Waals surface area contributed by atoms with Crippen LogP contribution >= 0.6 is 0 Å². The van der Waals surface area contributed by atoms with Crippen molar-refractivity contribution in [2.45, 2.75) is 25.8 Å². The maximum atomic E-state index is 13.5. The van der Waals surface area contributed by atoms with Gasteiger partial charge in [-0.3, -0.25) is 0 Å². The Labute approximate surface area is 174 Å². The second kappa shape index (κ2) is 7.54. The number of aliphatic hydroxyl groups excluding tert-OH is 1. The van der Waals surface area contributed by atoms with Crippen LogP contribution in [0.15, 0.2) is 60.8 Å². The molecule has 0 saturated carbocycles. The minimum Gasteiger partial charge on any atom is -0.394 e. The summed E-state index contributed by atoms with van der Waals surface area (Å²) in [7, 11) is 0. The first-order chi connectivity index (χ1) is 14.6. The molecule has 1 fully saturated rings. The van der Waals surface area contributed by atoms with E-state index in [-0.39, 0.29) is 18.5 Å². The van der Waals surface area contributed by atoms with Crippen LogP contribution in [0.4, 0.5) is 10.2 Å². The number of fused-ring (bicyclic) bond motifs is 1. The Morgan fingerprint density at radius 3 is 2.53 bits per heavy atom. The van der Waals surface area contributed by atoms with Gasteiger partial charge in [-0.25, -0.2) is 13.9 Å². The fourth-order valence-corrected chi connectivity index (χ4v) is 4.19. The number of benzene rings is 2. The van der Waals surface area contributed by atoms with Crippen LogP contribution < -0.4 is 4.90 Å². The van der Waals surface area contributed by atoms with Gasteiger partial charge >= 0.3 is 0 Å².